The Balaban J connectivity index is 2.37. The maximum Gasteiger partial charge on any atom is 0.324 e. The van der Waals surface area contributed by atoms with Gasteiger partial charge in [0.05, 0.1) is 11.4 Å². The van der Waals surface area contributed by atoms with Gasteiger partial charge in [0.2, 0.25) is 0 Å². The number of amides is 2. The molecule has 5 heteroatoms. The Morgan fingerprint density at radius 1 is 1.40 bits per heavy atom. The highest BCUT2D eigenvalue weighted by Gasteiger charge is 2.27. The highest BCUT2D eigenvalue weighted by molar-refractivity contribution is 5.96. The number of hydrogen-bond acceptors (Lipinski definition) is 2. The van der Waals surface area contributed by atoms with E-state index in [4.69, 9.17) is 5.73 Å². The summed E-state index contributed by atoms with van der Waals surface area (Å²) in [4.78, 5) is 14.7. The zero-order valence-corrected chi connectivity index (χ0v) is 8.40. The number of carbonyl (C=O) groups excluding carboxylic acids is 1. The molecule has 2 amide bonds. The fourth-order valence-electron chi connectivity index (χ4n) is 1.62. The largest absolute Gasteiger partial charge is 0.397 e. The number of nitrogens with zero attached hydrogens (tertiary/aromatic N) is 2. The van der Waals surface area contributed by atoms with E-state index in [0.29, 0.717) is 24.5 Å². The Morgan fingerprint density at radius 3 is 2.73 bits per heavy atom. The first-order chi connectivity index (χ1) is 7.09. The van der Waals surface area contributed by atoms with E-state index in [1.807, 2.05) is 0 Å². The van der Waals surface area contributed by atoms with Gasteiger partial charge in [0.25, 0.3) is 0 Å². The molecule has 0 aromatic heterocycles. The summed E-state index contributed by atoms with van der Waals surface area (Å²) < 4.78 is 13.0. The molecule has 1 aliphatic rings. The SMILES string of the molecule is CN1CCN(c2cc(F)ccc2N)C1=O. The molecule has 0 unspecified atom stereocenters. The monoisotopic (exact) mass is 209 g/mol. The second-order valence-electron chi connectivity index (χ2n) is 3.56. The molecule has 15 heavy (non-hydrogen) atoms. The van der Waals surface area contributed by atoms with Gasteiger partial charge in [0.15, 0.2) is 0 Å². The normalized spacial score (nSPS) is 16.3. The predicted octanol–water partition coefficient (Wildman–Crippen LogP) is 1.28. The fourth-order valence-corrected chi connectivity index (χ4v) is 1.62. The summed E-state index contributed by atoms with van der Waals surface area (Å²) in [7, 11) is 1.71. The molecule has 0 aliphatic carbocycles. The lowest BCUT2D eigenvalue weighted by Gasteiger charge is -2.17. The van der Waals surface area contributed by atoms with Crippen LogP contribution in [-0.4, -0.2) is 31.1 Å². The molecule has 1 fully saturated rings. The van der Waals surface area contributed by atoms with Crippen LogP contribution in [0.25, 0.3) is 0 Å². The zero-order chi connectivity index (χ0) is 11.0. The molecule has 4 nitrogen and oxygen atoms in total. The van der Waals surface area contributed by atoms with Crippen molar-refractivity contribution in [1.82, 2.24) is 4.90 Å². The van der Waals surface area contributed by atoms with E-state index in [2.05, 4.69) is 0 Å². The topological polar surface area (TPSA) is 49.6 Å². The van der Waals surface area contributed by atoms with E-state index >= 15 is 0 Å². The number of anilines is 2. The lowest BCUT2D eigenvalue weighted by molar-refractivity contribution is 0.229. The Kier molecular flexibility index (Phi) is 2.22. The second kappa shape index (κ2) is 3.42. The first-order valence-electron chi connectivity index (χ1n) is 4.67. The summed E-state index contributed by atoms with van der Waals surface area (Å²) in [6, 6.07) is 3.89. The van der Waals surface area contributed by atoms with Crippen molar-refractivity contribution in [2.45, 2.75) is 0 Å². The average Bonchev–Trinajstić information content (AvgIpc) is 2.52. The Morgan fingerprint density at radius 2 is 2.13 bits per heavy atom. The van der Waals surface area contributed by atoms with Crippen LogP contribution < -0.4 is 10.6 Å². The van der Waals surface area contributed by atoms with E-state index < -0.39 is 0 Å². The lowest BCUT2D eigenvalue weighted by Crippen LogP contribution is -2.29. The molecular formula is C10H12FN3O. The number of halogens is 1. The third-order valence-electron chi connectivity index (χ3n) is 2.50. The smallest absolute Gasteiger partial charge is 0.324 e. The van der Waals surface area contributed by atoms with Gasteiger partial charge in [-0.1, -0.05) is 0 Å². The minimum Gasteiger partial charge on any atom is -0.397 e. The van der Waals surface area contributed by atoms with Crippen LogP contribution in [0.1, 0.15) is 0 Å². The van der Waals surface area contributed by atoms with E-state index in [-0.39, 0.29) is 11.8 Å². The van der Waals surface area contributed by atoms with Crippen molar-refractivity contribution in [3.05, 3.63) is 24.0 Å². The van der Waals surface area contributed by atoms with Gasteiger partial charge in [0, 0.05) is 20.1 Å². The quantitative estimate of drug-likeness (QED) is 0.708. The van der Waals surface area contributed by atoms with Crippen molar-refractivity contribution in [3.63, 3.8) is 0 Å². The number of benzene rings is 1. The maximum atomic E-state index is 13.0. The molecule has 0 bridgehead atoms. The van der Waals surface area contributed by atoms with Crippen molar-refractivity contribution < 1.29 is 9.18 Å². The molecule has 0 atom stereocenters. The summed E-state index contributed by atoms with van der Waals surface area (Å²) in [6.07, 6.45) is 0. The van der Waals surface area contributed by atoms with Crippen LogP contribution in [0.2, 0.25) is 0 Å². The summed E-state index contributed by atoms with van der Waals surface area (Å²) in [5, 5.41) is 0. The van der Waals surface area contributed by atoms with Crippen molar-refractivity contribution in [1.29, 1.82) is 0 Å². The lowest BCUT2D eigenvalue weighted by atomic mass is 10.2. The number of urea groups is 1. The third-order valence-corrected chi connectivity index (χ3v) is 2.50. The number of hydrogen-bond donors (Lipinski definition) is 1. The standard InChI is InChI=1S/C10H12FN3O/c1-13-4-5-14(10(13)15)9-6-7(11)2-3-8(9)12/h2-3,6H,4-5,12H2,1H3. The zero-order valence-electron chi connectivity index (χ0n) is 8.40. The molecule has 2 rings (SSSR count). The van der Waals surface area contributed by atoms with Crippen LogP contribution in [0.5, 0.6) is 0 Å². The molecule has 1 heterocycles. The van der Waals surface area contributed by atoms with E-state index in [0.717, 1.165) is 0 Å². The molecule has 1 aromatic rings. The van der Waals surface area contributed by atoms with E-state index in [9.17, 15) is 9.18 Å². The fraction of sp³-hybridized carbons (Fsp3) is 0.300. The first-order valence-corrected chi connectivity index (χ1v) is 4.67. The van der Waals surface area contributed by atoms with Gasteiger partial charge in [0.1, 0.15) is 5.82 Å². The highest BCUT2D eigenvalue weighted by atomic mass is 19.1. The average molecular weight is 209 g/mol. The van der Waals surface area contributed by atoms with Crippen molar-refractivity contribution in [2.24, 2.45) is 0 Å². The predicted molar refractivity (Wildman–Crippen MR) is 56.2 cm³/mol. The Hall–Kier alpha value is -1.78. The van der Waals surface area contributed by atoms with Crippen LogP contribution in [0.3, 0.4) is 0 Å². The molecule has 0 radical (unpaired) electrons. The summed E-state index contributed by atoms with van der Waals surface area (Å²) in [5.74, 6) is -0.387. The van der Waals surface area contributed by atoms with Crippen molar-refractivity contribution in [3.8, 4) is 0 Å². The summed E-state index contributed by atoms with van der Waals surface area (Å²) >= 11 is 0. The molecule has 1 aliphatic heterocycles. The summed E-state index contributed by atoms with van der Waals surface area (Å²) in [5.41, 5.74) is 6.56. The molecule has 1 aromatic carbocycles. The van der Waals surface area contributed by atoms with Gasteiger partial charge in [-0.25, -0.2) is 9.18 Å². The van der Waals surface area contributed by atoms with Crippen LogP contribution >= 0.6 is 0 Å². The number of nitrogen functional groups attached to an aromatic ring is 1. The molecule has 2 N–H and O–H groups in total. The highest BCUT2D eigenvalue weighted by Crippen LogP contribution is 2.26. The van der Waals surface area contributed by atoms with E-state index in [1.165, 1.54) is 23.1 Å². The summed E-state index contributed by atoms with van der Waals surface area (Å²) in [6.45, 7) is 1.18. The number of rotatable bonds is 1. The number of nitrogens with two attached hydrogens (primary N) is 1. The van der Waals surface area contributed by atoms with Crippen LogP contribution in [0.4, 0.5) is 20.6 Å². The van der Waals surface area contributed by atoms with Crippen LogP contribution in [0.15, 0.2) is 18.2 Å². The third kappa shape index (κ3) is 1.60. The van der Waals surface area contributed by atoms with Crippen molar-refractivity contribution in [2.75, 3.05) is 30.8 Å². The van der Waals surface area contributed by atoms with Gasteiger partial charge in [-0.05, 0) is 18.2 Å². The van der Waals surface area contributed by atoms with Gasteiger partial charge in [-0.15, -0.1) is 0 Å². The Labute approximate surface area is 87.1 Å². The van der Waals surface area contributed by atoms with Gasteiger partial charge in [-0.2, -0.15) is 0 Å². The van der Waals surface area contributed by atoms with Crippen molar-refractivity contribution >= 4 is 17.4 Å². The minimum absolute atomic E-state index is 0.146. The number of carbonyl (C=O) groups is 1. The number of likely N-dealkylation sites (N-methyl/N-ethyl adjacent to an activating group) is 1. The van der Waals surface area contributed by atoms with Gasteiger partial charge < -0.3 is 10.6 Å². The molecule has 1 saturated heterocycles. The molecule has 80 valence electrons. The van der Waals surface area contributed by atoms with Crippen LogP contribution in [-0.2, 0) is 0 Å². The molecular weight excluding hydrogens is 197 g/mol. The molecule has 0 saturated carbocycles. The van der Waals surface area contributed by atoms with Gasteiger partial charge in [-0.3, -0.25) is 4.90 Å². The molecule has 0 spiro atoms. The van der Waals surface area contributed by atoms with Gasteiger partial charge >= 0.3 is 6.03 Å². The second-order valence-corrected chi connectivity index (χ2v) is 3.56. The van der Waals surface area contributed by atoms with Crippen LogP contribution in [0, 0.1) is 5.82 Å². The van der Waals surface area contributed by atoms with E-state index in [1.54, 1.807) is 11.9 Å². The first kappa shape index (κ1) is 9.76. The Bertz CT molecular complexity index is 408. The maximum absolute atomic E-state index is 13.0. The minimum atomic E-state index is -0.387.